The summed E-state index contributed by atoms with van der Waals surface area (Å²) in [5.41, 5.74) is 6.14. The maximum Gasteiger partial charge on any atom is 0.257 e. The molecule has 150 valence electrons. The number of halogens is 1. The molecule has 8 heteroatoms. The topological polar surface area (TPSA) is 90.4 Å². The predicted molar refractivity (Wildman–Crippen MR) is 101 cm³/mol. The van der Waals surface area contributed by atoms with Gasteiger partial charge in [-0.15, -0.1) is 0 Å². The summed E-state index contributed by atoms with van der Waals surface area (Å²) >= 11 is 0. The SMILES string of the molecule is Cc1nn(C)cc1C(=O)N1CCC[C@](COc2ccc(F)cc2)(CC(N)=O)C1. The molecular weight excluding hydrogens is 363 g/mol. The molecule has 1 atom stereocenters. The Morgan fingerprint density at radius 1 is 1.32 bits per heavy atom. The third-order valence-corrected chi connectivity index (χ3v) is 5.10. The third-order valence-electron chi connectivity index (χ3n) is 5.10. The van der Waals surface area contributed by atoms with Gasteiger partial charge in [0.25, 0.3) is 5.91 Å². The smallest absolute Gasteiger partial charge is 0.257 e. The molecule has 0 radical (unpaired) electrons. The third kappa shape index (κ3) is 4.49. The molecule has 0 bridgehead atoms. The van der Waals surface area contributed by atoms with E-state index in [1.54, 1.807) is 29.7 Å². The van der Waals surface area contributed by atoms with E-state index < -0.39 is 11.3 Å². The predicted octanol–water partition coefficient (Wildman–Crippen LogP) is 2.04. The Hall–Kier alpha value is -2.90. The Bertz CT molecular complexity index is 865. The molecule has 7 nitrogen and oxygen atoms in total. The maximum atomic E-state index is 13.1. The van der Waals surface area contributed by atoms with Gasteiger partial charge in [0.05, 0.1) is 17.9 Å². The molecule has 0 aliphatic carbocycles. The number of ether oxygens (including phenoxy) is 1. The first-order valence-electron chi connectivity index (χ1n) is 9.24. The van der Waals surface area contributed by atoms with Crippen molar-refractivity contribution in [3.63, 3.8) is 0 Å². The lowest BCUT2D eigenvalue weighted by Crippen LogP contribution is -2.50. The number of carbonyl (C=O) groups excluding carboxylic acids is 2. The van der Waals surface area contributed by atoms with E-state index in [4.69, 9.17) is 10.5 Å². The summed E-state index contributed by atoms with van der Waals surface area (Å²) in [6, 6.07) is 5.71. The number of aromatic nitrogens is 2. The highest BCUT2D eigenvalue weighted by Gasteiger charge is 2.40. The van der Waals surface area contributed by atoms with Gasteiger partial charge in [0.1, 0.15) is 11.6 Å². The van der Waals surface area contributed by atoms with Gasteiger partial charge in [0, 0.05) is 38.2 Å². The Morgan fingerprint density at radius 2 is 2.04 bits per heavy atom. The molecule has 1 aliphatic rings. The molecule has 0 unspecified atom stereocenters. The van der Waals surface area contributed by atoms with Crippen LogP contribution in [-0.4, -0.2) is 46.2 Å². The van der Waals surface area contributed by atoms with Gasteiger partial charge in [-0.1, -0.05) is 0 Å². The van der Waals surface area contributed by atoms with Crippen LogP contribution in [0.5, 0.6) is 5.75 Å². The van der Waals surface area contributed by atoms with Crippen LogP contribution in [0, 0.1) is 18.2 Å². The number of rotatable bonds is 6. The molecular formula is C20H25FN4O3. The van der Waals surface area contributed by atoms with E-state index in [0.717, 1.165) is 6.42 Å². The molecule has 2 amide bonds. The highest BCUT2D eigenvalue weighted by atomic mass is 19.1. The molecule has 1 aliphatic heterocycles. The molecule has 1 aromatic heterocycles. The summed E-state index contributed by atoms with van der Waals surface area (Å²) in [6.07, 6.45) is 3.28. The van der Waals surface area contributed by atoms with E-state index >= 15 is 0 Å². The largest absolute Gasteiger partial charge is 0.493 e. The number of carbonyl (C=O) groups is 2. The standard InChI is InChI=1S/C20H25FN4O3/c1-14-17(11-24(2)23-14)19(27)25-9-3-8-20(12-25,10-18(22)26)13-28-16-6-4-15(21)5-7-16/h4-7,11H,3,8-10,12-13H2,1-2H3,(H2,22,26)/t20-/m0/s1. The number of amides is 2. The second kappa shape index (κ2) is 8.00. The highest BCUT2D eigenvalue weighted by Crippen LogP contribution is 2.35. The molecule has 2 aromatic rings. The summed E-state index contributed by atoms with van der Waals surface area (Å²) in [5, 5.41) is 4.23. The molecule has 1 fully saturated rings. The van der Waals surface area contributed by atoms with Crippen molar-refractivity contribution >= 4 is 11.8 Å². The van der Waals surface area contributed by atoms with Crippen molar-refractivity contribution < 1.29 is 18.7 Å². The molecule has 0 saturated carbocycles. The number of hydrogen-bond donors (Lipinski definition) is 1. The van der Waals surface area contributed by atoms with Gasteiger partial charge in [-0.05, 0) is 44.0 Å². The molecule has 2 heterocycles. The zero-order valence-electron chi connectivity index (χ0n) is 16.2. The molecule has 2 N–H and O–H groups in total. The summed E-state index contributed by atoms with van der Waals surface area (Å²) in [4.78, 5) is 26.5. The summed E-state index contributed by atoms with van der Waals surface area (Å²) in [6.45, 7) is 2.98. The number of primary amides is 1. The Labute approximate surface area is 163 Å². The van der Waals surface area contributed by atoms with Crippen molar-refractivity contribution in [3.05, 3.63) is 47.5 Å². The molecule has 0 spiro atoms. The van der Waals surface area contributed by atoms with Crippen molar-refractivity contribution in [1.29, 1.82) is 0 Å². The highest BCUT2D eigenvalue weighted by molar-refractivity contribution is 5.95. The van der Waals surface area contributed by atoms with Crippen LogP contribution in [0.4, 0.5) is 4.39 Å². The van der Waals surface area contributed by atoms with Gasteiger partial charge in [0.15, 0.2) is 0 Å². The van der Waals surface area contributed by atoms with Gasteiger partial charge in [-0.25, -0.2) is 4.39 Å². The number of piperidine rings is 1. The zero-order valence-corrected chi connectivity index (χ0v) is 16.2. The van der Waals surface area contributed by atoms with E-state index in [9.17, 15) is 14.0 Å². The van der Waals surface area contributed by atoms with Crippen LogP contribution in [0.3, 0.4) is 0 Å². The fourth-order valence-corrected chi connectivity index (χ4v) is 3.81. The maximum absolute atomic E-state index is 13.1. The van der Waals surface area contributed by atoms with E-state index in [-0.39, 0.29) is 24.8 Å². The number of nitrogens with two attached hydrogens (primary N) is 1. The normalized spacial score (nSPS) is 19.5. The Kier molecular flexibility index (Phi) is 5.67. The van der Waals surface area contributed by atoms with Crippen molar-refractivity contribution in [3.8, 4) is 5.75 Å². The van der Waals surface area contributed by atoms with E-state index in [0.29, 0.717) is 36.5 Å². The summed E-state index contributed by atoms with van der Waals surface area (Å²) < 4.78 is 20.5. The Balaban J connectivity index is 1.77. The Morgan fingerprint density at radius 3 is 2.64 bits per heavy atom. The van der Waals surface area contributed by atoms with E-state index in [1.807, 2.05) is 0 Å². The number of hydrogen-bond acceptors (Lipinski definition) is 4. The van der Waals surface area contributed by atoms with Gasteiger partial charge in [0.2, 0.25) is 5.91 Å². The second-order valence-corrected chi connectivity index (χ2v) is 7.52. The van der Waals surface area contributed by atoms with Crippen molar-refractivity contribution in [2.24, 2.45) is 18.2 Å². The van der Waals surface area contributed by atoms with Crippen molar-refractivity contribution in [2.75, 3.05) is 19.7 Å². The molecule has 1 saturated heterocycles. The van der Waals surface area contributed by atoms with E-state index in [2.05, 4.69) is 5.10 Å². The van der Waals surface area contributed by atoms with Crippen LogP contribution in [0.15, 0.2) is 30.5 Å². The zero-order chi connectivity index (χ0) is 20.3. The number of nitrogens with zero attached hydrogens (tertiary/aromatic N) is 3. The van der Waals surface area contributed by atoms with Crippen LogP contribution in [0.25, 0.3) is 0 Å². The number of benzene rings is 1. The minimum atomic E-state index is -0.579. The first-order valence-corrected chi connectivity index (χ1v) is 9.24. The number of likely N-dealkylation sites (tertiary alicyclic amines) is 1. The first kappa shape index (κ1) is 19.9. The fraction of sp³-hybridized carbons (Fsp3) is 0.450. The monoisotopic (exact) mass is 388 g/mol. The first-order chi connectivity index (χ1) is 13.3. The number of aryl methyl sites for hydroxylation is 2. The molecule has 1 aromatic carbocycles. The molecule has 3 rings (SSSR count). The quantitative estimate of drug-likeness (QED) is 0.820. The lowest BCUT2D eigenvalue weighted by Gasteiger charge is -2.42. The second-order valence-electron chi connectivity index (χ2n) is 7.52. The van der Waals surface area contributed by atoms with Crippen LogP contribution >= 0.6 is 0 Å². The minimum Gasteiger partial charge on any atom is -0.493 e. The average Bonchev–Trinajstić information content (AvgIpc) is 2.98. The minimum absolute atomic E-state index is 0.110. The van der Waals surface area contributed by atoms with Crippen molar-refractivity contribution in [2.45, 2.75) is 26.2 Å². The lowest BCUT2D eigenvalue weighted by molar-refractivity contribution is -0.122. The molecule has 28 heavy (non-hydrogen) atoms. The summed E-state index contributed by atoms with van der Waals surface area (Å²) in [7, 11) is 1.77. The fourth-order valence-electron chi connectivity index (χ4n) is 3.81. The van der Waals surface area contributed by atoms with Gasteiger partial charge in [-0.2, -0.15) is 5.10 Å². The van der Waals surface area contributed by atoms with Gasteiger partial charge >= 0.3 is 0 Å². The van der Waals surface area contributed by atoms with E-state index in [1.165, 1.54) is 24.3 Å². The average molecular weight is 388 g/mol. The van der Waals surface area contributed by atoms with Gasteiger partial charge in [-0.3, -0.25) is 14.3 Å². The van der Waals surface area contributed by atoms with Gasteiger partial charge < -0.3 is 15.4 Å². The summed E-state index contributed by atoms with van der Waals surface area (Å²) in [5.74, 6) is -0.382. The van der Waals surface area contributed by atoms with Crippen LogP contribution in [0.2, 0.25) is 0 Å². The van der Waals surface area contributed by atoms with Crippen molar-refractivity contribution in [1.82, 2.24) is 14.7 Å². The van der Waals surface area contributed by atoms with Crippen LogP contribution in [0.1, 0.15) is 35.3 Å². The van der Waals surface area contributed by atoms with Crippen LogP contribution < -0.4 is 10.5 Å². The van der Waals surface area contributed by atoms with Crippen LogP contribution in [-0.2, 0) is 11.8 Å². The lowest BCUT2D eigenvalue weighted by atomic mass is 9.77.